The minimum absolute atomic E-state index is 0.214. The topological polar surface area (TPSA) is 110 Å². The molecule has 0 spiro atoms. The Bertz CT molecular complexity index is 1150. The molecule has 0 aromatic carbocycles. The van der Waals surface area contributed by atoms with Crippen molar-refractivity contribution < 1.29 is 14.3 Å². The number of carbonyl (C=O) groups excluding carboxylic acids is 2. The van der Waals surface area contributed by atoms with Crippen LogP contribution in [0.5, 0.6) is 5.88 Å². The van der Waals surface area contributed by atoms with Gasteiger partial charge in [0.25, 0.3) is 5.91 Å². The van der Waals surface area contributed by atoms with E-state index in [4.69, 9.17) is 10.5 Å². The van der Waals surface area contributed by atoms with Gasteiger partial charge in [-0.1, -0.05) is 0 Å². The molecule has 5 rings (SSSR count). The number of nitrogens with zero attached hydrogens (tertiary/aromatic N) is 3. The number of hydrogen-bond acceptors (Lipinski definition) is 6. The highest BCUT2D eigenvalue weighted by molar-refractivity contribution is 7.21. The first-order chi connectivity index (χ1) is 14.0. The molecule has 8 nitrogen and oxygen atoms in total. The summed E-state index contributed by atoms with van der Waals surface area (Å²) in [6.07, 6.45) is 7.96. The van der Waals surface area contributed by atoms with E-state index in [-0.39, 0.29) is 12.1 Å². The van der Waals surface area contributed by atoms with E-state index in [0.29, 0.717) is 38.0 Å². The Hall–Kier alpha value is -3.20. The molecule has 148 valence electrons. The Balaban J connectivity index is 1.57. The van der Waals surface area contributed by atoms with Crippen molar-refractivity contribution in [3.63, 3.8) is 0 Å². The number of aromatic nitrogens is 2. The Morgan fingerprint density at radius 3 is 2.83 bits per heavy atom. The zero-order valence-corrected chi connectivity index (χ0v) is 16.6. The predicted octanol–water partition coefficient (Wildman–Crippen LogP) is 4.10. The van der Waals surface area contributed by atoms with Crippen LogP contribution in [-0.2, 0) is 0 Å². The van der Waals surface area contributed by atoms with Crippen molar-refractivity contribution in [2.75, 3.05) is 10.2 Å². The van der Waals surface area contributed by atoms with Gasteiger partial charge < -0.3 is 15.8 Å². The van der Waals surface area contributed by atoms with E-state index >= 15 is 0 Å². The van der Waals surface area contributed by atoms with Crippen LogP contribution in [0.15, 0.2) is 24.5 Å². The molecule has 3 N–H and O–H groups in total. The van der Waals surface area contributed by atoms with Gasteiger partial charge in [-0.15, -0.1) is 11.3 Å². The molecule has 0 radical (unpaired) electrons. The van der Waals surface area contributed by atoms with Crippen LogP contribution < -0.4 is 20.7 Å². The lowest BCUT2D eigenvalue weighted by atomic mass is 10.1. The maximum absolute atomic E-state index is 13.0. The van der Waals surface area contributed by atoms with E-state index < -0.39 is 5.91 Å². The van der Waals surface area contributed by atoms with Crippen LogP contribution in [0, 0.1) is 6.92 Å². The van der Waals surface area contributed by atoms with Crippen molar-refractivity contribution in [3.05, 3.63) is 35.0 Å². The third-order valence-electron chi connectivity index (χ3n) is 5.36. The lowest BCUT2D eigenvalue weighted by Gasteiger charge is -2.29. The van der Waals surface area contributed by atoms with Crippen molar-refractivity contribution >= 4 is 50.6 Å². The third kappa shape index (κ3) is 2.89. The molecule has 1 fully saturated rings. The summed E-state index contributed by atoms with van der Waals surface area (Å²) >= 11 is 1.17. The summed E-state index contributed by atoms with van der Waals surface area (Å²) in [5.74, 6) is -0.0170. The van der Waals surface area contributed by atoms with Gasteiger partial charge in [0.1, 0.15) is 15.8 Å². The van der Waals surface area contributed by atoms with E-state index in [0.717, 1.165) is 18.4 Å². The van der Waals surface area contributed by atoms with Gasteiger partial charge in [0.2, 0.25) is 5.88 Å². The first-order valence-electron chi connectivity index (χ1n) is 9.48. The Morgan fingerprint density at radius 1 is 1.31 bits per heavy atom. The number of carbonyl (C=O) groups is 2. The van der Waals surface area contributed by atoms with Crippen LogP contribution >= 0.6 is 11.3 Å². The van der Waals surface area contributed by atoms with E-state index in [1.807, 2.05) is 13.0 Å². The Kier molecular flexibility index (Phi) is 4.13. The van der Waals surface area contributed by atoms with Gasteiger partial charge in [-0.05, 0) is 44.2 Å². The molecular weight excluding hydrogens is 390 g/mol. The average molecular weight is 409 g/mol. The monoisotopic (exact) mass is 409 g/mol. The molecule has 2 aliphatic rings. The largest absolute Gasteiger partial charge is 0.474 e. The van der Waals surface area contributed by atoms with Crippen molar-refractivity contribution in [3.8, 4) is 5.88 Å². The van der Waals surface area contributed by atoms with Crippen LogP contribution in [0.1, 0.15) is 40.9 Å². The van der Waals surface area contributed by atoms with Crippen LogP contribution in [0.25, 0.3) is 10.2 Å². The van der Waals surface area contributed by atoms with Gasteiger partial charge in [-0.25, -0.2) is 14.8 Å². The lowest BCUT2D eigenvalue weighted by Crippen LogP contribution is -2.35. The fourth-order valence-corrected chi connectivity index (χ4v) is 4.97. The standard InChI is InChI=1S/C20H19N5O3S/c1-10-8-14(28-11-4-2-3-5-11)23-9-13(10)25-12-6-7-22-19-15(12)16(24-20(25)27)17(29-19)18(21)26/h6-9,11H,2-5H2,1H3,(H2,21,26)(H,24,27). The van der Waals surface area contributed by atoms with Crippen LogP contribution in [0.4, 0.5) is 21.9 Å². The second-order valence-corrected chi connectivity index (χ2v) is 8.28. The fourth-order valence-electron chi connectivity index (χ4n) is 4.00. The molecule has 1 aliphatic carbocycles. The average Bonchev–Trinajstić information content (AvgIpc) is 3.32. The molecule has 0 unspecified atom stereocenters. The number of nitrogens with two attached hydrogens (primary N) is 1. The number of nitrogens with one attached hydrogen (secondary N) is 1. The van der Waals surface area contributed by atoms with Gasteiger partial charge in [-0.3, -0.25) is 9.69 Å². The molecule has 29 heavy (non-hydrogen) atoms. The van der Waals surface area contributed by atoms with Crippen molar-refractivity contribution in [1.82, 2.24) is 9.97 Å². The van der Waals surface area contributed by atoms with Crippen LogP contribution in [-0.4, -0.2) is 28.0 Å². The Labute approximate surface area is 170 Å². The summed E-state index contributed by atoms with van der Waals surface area (Å²) in [6.45, 7) is 1.92. The zero-order valence-electron chi connectivity index (χ0n) is 15.8. The van der Waals surface area contributed by atoms with E-state index in [2.05, 4.69) is 15.3 Å². The molecule has 3 aromatic heterocycles. The smallest absolute Gasteiger partial charge is 0.331 e. The molecule has 1 aliphatic heterocycles. The maximum Gasteiger partial charge on any atom is 0.331 e. The first kappa shape index (κ1) is 17.9. The second-order valence-electron chi connectivity index (χ2n) is 7.28. The maximum atomic E-state index is 13.0. The van der Waals surface area contributed by atoms with Crippen molar-refractivity contribution in [2.24, 2.45) is 5.73 Å². The normalized spacial score (nSPS) is 16.3. The number of ether oxygens (including phenoxy) is 1. The molecule has 3 aromatic rings. The highest BCUT2D eigenvalue weighted by Gasteiger charge is 2.33. The minimum atomic E-state index is -0.589. The van der Waals surface area contributed by atoms with Gasteiger partial charge in [0, 0.05) is 12.3 Å². The van der Waals surface area contributed by atoms with Crippen molar-refractivity contribution in [2.45, 2.75) is 38.7 Å². The van der Waals surface area contributed by atoms with E-state index in [9.17, 15) is 9.59 Å². The number of primary amides is 1. The number of pyridine rings is 2. The SMILES string of the molecule is Cc1cc(OC2CCCC2)ncc1N1C(=O)Nc2c(C(N)=O)sc3nccc1c23. The molecule has 4 heterocycles. The van der Waals surface area contributed by atoms with Gasteiger partial charge in [0.05, 0.1) is 28.6 Å². The van der Waals surface area contributed by atoms with Crippen LogP contribution in [0.2, 0.25) is 0 Å². The summed E-state index contributed by atoms with van der Waals surface area (Å²) in [5, 5.41) is 3.51. The van der Waals surface area contributed by atoms with Crippen LogP contribution in [0.3, 0.4) is 0 Å². The number of urea groups is 1. The molecular formula is C20H19N5O3S. The van der Waals surface area contributed by atoms with Gasteiger partial charge in [0.15, 0.2) is 0 Å². The number of hydrogen-bond donors (Lipinski definition) is 2. The second kappa shape index (κ2) is 6.70. The zero-order chi connectivity index (χ0) is 20.1. The van der Waals surface area contributed by atoms with Crippen molar-refractivity contribution in [1.29, 1.82) is 0 Å². The summed E-state index contributed by atoms with van der Waals surface area (Å²) in [4.78, 5) is 36.0. The predicted molar refractivity (Wildman–Crippen MR) is 111 cm³/mol. The van der Waals surface area contributed by atoms with E-state index in [1.165, 1.54) is 24.2 Å². The number of thiophene rings is 1. The highest BCUT2D eigenvalue weighted by atomic mass is 32.1. The molecule has 0 atom stereocenters. The summed E-state index contributed by atoms with van der Waals surface area (Å²) < 4.78 is 5.98. The number of aryl methyl sites for hydroxylation is 1. The molecule has 3 amide bonds. The molecule has 0 bridgehead atoms. The summed E-state index contributed by atoms with van der Waals surface area (Å²) in [6, 6.07) is 3.24. The minimum Gasteiger partial charge on any atom is -0.474 e. The number of amides is 3. The fraction of sp³-hybridized carbons (Fsp3) is 0.300. The van der Waals surface area contributed by atoms with Gasteiger partial charge in [-0.2, -0.15) is 0 Å². The number of rotatable bonds is 4. The molecule has 1 saturated carbocycles. The Morgan fingerprint density at radius 2 is 2.10 bits per heavy atom. The first-order valence-corrected chi connectivity index (χ1v) is 10.3. The highest BCUT2D eigenvalue weighted by Crippen LogP contribution is 2.46. The van der Waals surface area contributed by atoms with Gasteiger partial charge >= 0.3 is 6.03 Å². The summed E-state index contributed by atoms with van der Waals surface area (Å²) in [5.41, 5.74) is 8.06. The molecule has 0 saturated heterocycles. The lowest BCUT2D eigenvalue weighted by molar-refractivity contribution is 0.100. The molecule has 9 heteroatoms. The van der Waals surface area contributed by atoms with E-state index in [1.54, 1.807) is 23.4 Å². The number of anilines is 3. The third-order valence-corrected chi connectivity index (χ3v) is 6.47. The summed E-state index contributed by atoms with van der Waals surface area (Å²) in [7, 11) is 0. The quantitative estimate of drug-likeness (QED) is 0.674.